The minimum Gasteiger partial charge on any atom is -0.511 e. The number of carbonyl (C=O) groups excluding carboxylic acids is 1. The number of unbranched alkanes of at least 4 members (excludes halogenated alkanes) is 1. The minimum atomic E-state index is -0.596. The number of rotatable bonds is 11. The number of aromatic nitrogens is 1. The van der Waals surface area contributed by atoms with Crippen LogP contribution in [0.4, 0.5) is 0 Å². The zero-order valence-electron chi connectivity index (χ0n) is 19.5. The maximum Gasteiger partial charge on any atom is 0.280 e. The molecule has 3 N–H and O–H groups in total. The maximum absolute atomic E-state index is 12.7. The smallest absolute Gasteiger partial charge is 0.280 e. The van der Waals surface area contributed by atoms with Crippen molar-refractivity contribution in [2.75, 3.05) is 19.7 Å². The molecule has 0 radical (unpaired) electrons. The Bertz CT molecular complexity index is 1060. The fraction of sp³-hybridized carbons (Fsp3) is 0.407. The highest BCUT2D eigenvalue weighted by Crippen LogP contribution is 2.22. The number of carbonyl (C=O) groups is 1. The zero-order valence-corrected chi connectivity index (χ0v) is 20.3. The van der Waals surface area contributed by atoms with E-state index < -0.39 is 6.04 Å². The number of fused-ring (bicyclic) bond motifs is 1. The fourth-order valence-corrected chi connectivity index (χ4v) is 5.16. The zero-order chi connectivity index (χ0) is 23.8. The lowest BCUT2D eigenvalue weighted by atomic mass is 9.93. The number of hydrogen-bond acceptors (Lipinski definition) is 6. The molecule has 7 heteroatoms. The molecule has 6 nitrogen and oxygen atoms in total. The number of nitrogens with zero attached hydrogens (tertiary/aromatic N) is 1. The Hall–Kier alpha value is -2.90. The Morgan fingerprint density at radius 2 is 1.94 bits per heavy atom. The van der Waals surface area contributed by atoms with Crippen molar-refractivity contribution >= 4 is 27.5 Å². The van der Waals surface area contributed by atoms with Crippen LogP contribution in [0.5, 0.6) is 5.75 Å². The number of ether oxygens (including phenoxy) is 1. The van der Waals surface area contributed by atoms with Crippen molar-refractivity contribution in [3.63, 3.8) is 0 Å². The second-order valence-electron chi connectivity index (χ2n) is 8.89. The van der Waals surface area contributed by atoms with Crippen LogP contribution in [0, 0.1) is 5.92 Å². The summed E-state index contributed by atoms with van der Waals surface area (Å²) in [5.74, 6) is 1.31. The second-order valence-corrected chi connectivity index (χ2v) is 9.92. The van der Waals surface area contributed by atoms with Gasteiger partial charge in [-0.2, -0.15) is 0 Å². The van der Waals surface area contributed by atoms with Gasteiger partial charge in [0.2, 0.25) is 0 Å². The first-order valence-electron chi connectivity index (χ1n) is 12.0. The first kappa shape index (κ1) is 24.2. The molecule has 2 heterocycles. The van der Waals surface area contributed by atoms with Crippen LogP contribution >= 0.6 is 11.3 Å². The summed E-state index contributed by atoms with van der Waals surface area (Å²) < 4.78 is 6.85. The van der Waals surface area contributed by atoms with E-state index in [4.69, 9.17) is 4.74 Å². The number of aliphatic hydroxyl groups excluding tert-OH is 1. The first-order valence-corrected chi connectivity index (χ1v) is 12.9. The van der Waals surface area contributed by atoms with Gasteiger partial charge in [-0.1, -0.05) is 37.3 Å². The Morgan fingerprint density at radius 1 is 1.18 bits per heavy atom. The summed E-state index contributed by atoms with van der Waals surface area (Å²) in [6.45, 7) is 6.68. The van der Waals surface area contributed by atoms with Crippen molar-refractivity contribution < 1.29 is 14.6 Å². The van der Waals surface area contributed by atoms with E-state index in [1.165, 1.54) is 37.0 Å². The summed E-state index contributed by atoms with van der Waals surface area (Å²) in [6, 6.07) is 14.8. The largest absolute Gasteiger partial charge is 0.511 e. The summed E-state index contributed by atoms with van der Waals surface area (Å²) >= 11 is 1.33. The molecule has 180 valence electrons. The lowest BCUT2D eigenvalue weighted by molar-refractivity contribution is 0.0933. The van der Waals surface area contributed by atoms with E-state index in [1.54, 1.807) is 0 Å². The average molecular weight is 480 g/mol. The van der Waals surface area contributed by atoms with Crippen molar-refractivity contribution in [3.05, 3.63) is 71.4 Å². The van der Waals surface area contributed by atoms with Crippen LogP contribution in [0.25, 0.3) is 10.2 Å². The summed E-state index contributed by atoms with van der Waals surface area (Å²) in [5.41, 5.74) is 1.77. The standard InChI is InChI=1S/C27H33N3O3S/c1-19(31)24(29-26(32)27-30-23-7-2-3-8-25(23)34-27)18-21-9-11-22(12-10-21)33-17-5-4-6-20-13-15-28-16-14-20/h2-3,7-12,20,24,28,31H,1,4-6,13-18H2,(H,29,32). The number of benzene rings is 2. The van der Waals surface area contributed by atoms with Gasteiger partial charge in [-0.25, -0.2) is 4.98 Å². The third-order valence-electron chi connectivity index (χ3n) is 6.29. The number of piperidine rings is 1. The third-order valence-corrected chi connectivity index (χ3v) is 7.33. The first-order chi connectivity index (χ1) is 16.6. The number of aliphatic hydroxyl groups is 1. The molecule has 1 aliphatic heterocycles. The molecule has 1 aromatic heterocycles. The molecule has 1 fully saturated rings. The van der Waals surface area contributed by atoms with Gasteiger partial charge in [0.15, 0.2) is 5.01 Å². The van der Waals surface area contributed by atoms with Gasteiger partial charge in [0.05, 0.1) is 22.9 Å². The molecule has 0 bridgehead atoms. The molecule has 1 atom stereocenters. The average Bonchev–Trinajstić information content (AvgIpc) is 3.29. The molecule has 4 rings (SSSR count). The van der Waals surface area contributed by atoms with Crippen LogP contribution in [-0.4, -0.2) is 41.7 Å². The van der Waals surface area contributed by atoms with Crippen molar-refractivity contribution in [1.82, 2.24) is 15.6 Å². The van der Waals surface area contributed by atoms with Gasteiger partial charge in [-0.05, 0) is 80.9 Å². The van der Waals surface area contributed by atoms with Crippen LogP contribution in [0.15, 0.2) is 60.9 Å². The second kappa shape index (κ2) is 12.0. The Labute approximate surface area is 205 Å². The summed E-state index contributed by atoms with van der Waals surface area (Å²) in [7, 11) is 0. The molecule has 1 saturated heterocycles. The Balaban J connectivity index is 1.24. The van der Waals surface area contributed by atoms with Crippen molar-refractivity contribution in [2.24, 2.45) is 5.92 Å². The predicted octanol–water partition coefficient (Wildman–Crippen LogP) is 5.26. The predicted molar refractivity (Wildman–Crippen MR) is 138 cm³/mol. The molecule has 0 spiro atoms. The molecule has 2 aromatic carbocycles. The quantitative estimate of drug-likeness (QED) is 0.258. The van der Waals surface area contributed by atoms with Crippen LogP contribution in [0.2, 0.25) is 0 Å². The monoisotopic (exact) mass is 479 g/mol. The van der Waals surface area contributed by atoms with Gasteiger partial charge < -0.3 is 20.5 Å². The van der Waals surface area contributed by atoms with Gasteiger partial charge in [0.25, 0.3) is 5.91 Å². The topological polar surface area (TPSA) is 83.5 Å². The van der Waals surface area contributed by atoms with E-state index in [9.17, 15) is 9.90 Å². The molecule has 34 heavy (non-hydrogen) atoms. The molecule has 1 amide bonds. The number of para-hydroxylation sites is 1. The summed E-state index contributed by atoms with van der Waals surface area (Å²) in [4.78, 5) is 17.1. The van der Waals surface area contributed by atoms with E-state index >= 15 is 0 Å². The minimum absolute atomic E-state index is 0.0801. The third kappa shape index (κ3) is 6.81. The van der Waals surface area contributed by atoms with Crippen molar-refractivity contribution in [1.29, 1.82) is 0 Å². The Kier molecular flexibility index (Phi) is 8.55. The highest BCUT2D eigenvalue weighted by molar-refractivity contribution is 7.20. The number of hydrogen-bond donors (Lipinski definition) is 3. The van der Waals surface area contributed by atoms with E-state index in [2.05, 4.69) is 22.2 Å². The van der Waals surface area contributed by atoms with E-state index in [0.29, 0.717) is 11.4 Å². The van der Waals surface area contributed by atoms with E-state index in [-0.39, 0.29) is 11.7 Å². The molecule has 3 aromatic rings. The molecular formula is C27H33N3O3S. The van der Waals surface area contributed by atoms with Crippen LogP contribution in [0.3, 0.4) is 0 Å². The summed E-state index contributed by atoms with van der Waals surface area (Å²) in [6.07, 6.45) is 6.59. The molecule has 0 saturated carbocycles. The normalized spacial score (nSPS) is 15.2. The van der Waals surface area contributed by atoms with Gasteiger partial charge in [-0.15, -0.1) is 11.3 Å². The van der Waals surface area contributed by atoms with Gasteiger partial charge in [0, 0.05) is 0 Å². The van der Waals surface area contributed by atoms with Gasteiger partial charge in [0.1, 0.15) is 11.5 Å². The van der Waals surface area contributed by atoms with Crippen molar-refractivity contribution in [3.8, 4) is 5.75 Å². The van der Waals surface area contributed by atoms with Gasteiger partial charge >= 0.3 is 0 Å². The van der Waals surface area contributed by atoms with E-state index in [1.807, 2.05) is 48.5 Å². The number of amides is 1. The fourth-order valence-electron chi connectivity index (χ4n) is 4.29. The number of thiazole rings is 1. The SMILES string of the molecule is C=C(O)C(Cc1ccc(OCCCCC2CCNCC2)cc1)NC(=O)c1nc2ccccc2s1. The Morgan fingerprint density at radius 3 is 2.68 bits per heavy atom. The maximum atomic E-state index is 12.7. The molecular weight excluding hydrogens is 446 g/mol. The van der Waals surface area contributed by atoms with Gasteiger partial charge in [-0.3, -0.25) is 4.79 Å². The summed E-state index contributed by atoms with van der Waals surface area (Å²) in [5, 5.41) is 16.7. The van der Waals surface area contributed by atoms with Crippen LogP contribution in [0.1, 0.15) is 47.5 Å². The lowest BCUT2D eigenvalue weighted by Gasteiger charge is -2.22. The highest BCUT2D eigenvalue weighted by atomic mass is 32.1. The highest BCUT2D eigenvalue weighted by Gasteiger charge is 2.20. The van der Waals surface area contributed by atoms with Crippen molar-refractivity contribution in [2.45, 2.75) is 44.6 Å². The van der Waals surface area contributed by atoms with E-state index in [0.717, 1.165) is 53.6 Å². The molecule has 0 aliphatic carbocycles. The van der Waals surface area contributed by atoms with Crippen LogP contribution < -0.4 is 15.4 Å². The molecule has 1 unspecified atom stereocenters. The lowest BCUT2D eigenvalue weighted by Crippen LogP contribution is -2.37. The van der Waals surface area contributed by atoms with Crippen LogP contribution in [-0.2, 0) is 6.42 Å². The molecule has 1 aliphatic rings. The number of nitrogens with one attached hydrogen (secondary N) is 2.